The zero-order valence-corrected chi connectivity index (χ0v) is 18.7. The molecule has 1 aromatic heterocycles. The normalized spacial score (nSPS) is 10.6. The summed E-state index contributed by atoms with van der Waals surface area (Å²) in [6.45, 7) is 0. The van der Waals surface area contributed by atoms with Gasteiger partial charge in [0.2, 0.25) is 0 Å². The number of carbonyl (C=O) groups is 2. The van der Waals surface area contributed by atoms with Crippen molar-refractivity contribution in [2.75, 3.05) is 26.6 Å². The lowest BCUT2D eigenvalue weighted by molar-refractivity contribution is 0.0601. The Labute approximate surface area is 194 Å². The van der Waals surface area contributed by atoms with Gasteiger partial charge in [0.25, 0.3) is 5.91 Å². The molecule has 8 nitrogen and oxygen atoms in total. The van der Waals surface area contributed by atoms with Crippen LogP contribution in [0.2, 0.25) is 0 Å². The van der Waals surface area contributed by atoms with Crippen molar-refractivity contribution in [2.24, 2.45) is 0 Å². The highest BCUT2D eigenvalue weighted by molar-refractivity contribution is 6.09. The van der Waals surface area contributed by atoms with Crippen LogP contribution in [0.15, 0.2) is 75.9 Å². The Morgan fingerprint density at radius 1 is 0.853 bits per heavy atom. The first-order chi connectivity index (χ1) is 16.4. The fourth-order valence-electron chi connectivity index (χ4n) is 3.55. The molecule has 0 spiro atoms. The van der Waals surface area contributed by atoms with Crippen LogP contribution >= 0.6 is 0 Å². The third-order valence-electron chi connectivity index (χ3n) is 5.25. The smallest absolute Gasteiger partial charge is 0.344 e. The van der Waals surface area contributed by atoms with E-state index < -0.39 is 17.5 Å². The van der Waals surface area contributed by atoms with Crippen LogP contribution in [-0.4, -0.2) is 33.2 Å². The third kappa shape index (κ3) is 4.33. The molecule has 1 N–H and O–H groups in total. The van der Waals surface area contributed by atoms with E-state index in [4.69, 9.17) is 18.6 Å². The minimum Gasteiger partial charge on any atom is -0.493 e. The second kappa shape index (κ2) is 9.50. The predicted octanol–water partition coefficient (Wildman–Crippen LogP) is 4.52. The summed E-state index contributed by atoms with van der Waals surface area (Å²) in [6.07, 6.45) is 0. The predicted molar refractivity (Wildman–Crippen MR) is 127 cm³/mol. The molecular formula is C26H21NO7. The first-order valence-corrected chi connectivity index (χ1v) is 10.2. The lowest BCUT2D eigenvalue weighted by Gasteiger charge is -2.15. The molecule has 3 aromatic carbocycles. The number of hydrogen-bond donors (Lipinski definition) is 1. The number of ether oxygens (including phenoxy) is 3. The molecule has 0 saturated heterocycles. The lowest BCUT2D eigenvalue weighted by atomic mass is 10.0. The quantitative estimate of drug-likeness (QED) is 0.334. The molecule has 0 aliphatic carbocycles. The summed E-state index contributed by atoms with van der Waals surface area (Å²) in [5.41, 5.74) is 1.38. The average Bonchev–Trinajstić information content (AvgIpc) is 2.87. The zero-order chi connectivity index (χ0) is 24.2. The van der Waals surface area contributed by atoms with Crippen molar-refractivity contribution in [1.82, 2.24) is 0 Å². The minimum absolute atomic E-state index is 0.0971. The highest BCUT2D eigenvalue weighted by Gasteiger charge is 2.20. The molecule has 172 valence electrons. The highest BCUT2D eigenvalue weighted by atomic mass is 16.5. The van der Waals surface area contributed by atoms with Crippen LogP contribution < -0.4 is 20.4 Å². The van der Waals surface area contributed by atoms with Crippen LogP contribution in [0.4, 0.5) is 5.69 Å². The SMILES string of the molecule is COC(=O)c1cc(OC)c(OC)cc1NC(=O)c1cccc(-c2cc3ccccc3oc2=O)c1. The number of nitrogens with one attached hydrogen (secondary N) is 1. The highest BCUT2D eigenvalue weighted by Crippen LogP contribution is 2.34. The van der Waals surface area contributed by atoms with E-state index in [1.54, 1.807) is 42.5 Å². The van der Waals surface area contributed by atoms with Crippen molar-refractivity contribution in [2.45, 2.75) is 0 Å². The molecule has 0 unspecified atom stereocenters. The molecule has 0 saturated carbocycles. The summed E-state index contributed by atoms with van der Waals surface area (Å²) in [7, 11) is 4.12. The van der Waals surface area contributed by atoms with Crippen molar-refractivity contribution < 1.29 is 28.2 Å². The molecule has 1 amide bonds. The van der Waals surface area contributed by atoms with E-state index >= 15 is 0 Å². The Hall–Kier alpha value is -4.59. The molecule has 8 heteroatoms. The van der Waals surface area contributed by atoms with Crippen molar-refractivity contribution in [3.8, 4) is 22.6 Å². The van der Waals surface area contributed by atoms with E-state index in [1.165, 1.54) is 33.5 Å². The number of anilines is 1. The number of benzene rings is 3. The van der Waals surface area contributed by atoms with E-state index in [0.717, 1.165) is 5.39 Å². The number of esters is 1. The summed E-state index contributed by atoms with van der Waals surface area (Å²) < 4.78 is 20.8. The van der Waals surface area contributed by atoms with Gasteiger partial charge in [-0.05, 0) is 29.8 Å². The summed E-state index contributed by atoms with van der Waals surface area (Å²) in [4.78, 5) is 37.9. The maximum atomic E-state index is 13.1. The molecule has 0 aliphatic rings. The van der Waals surface area contributed by atoms with E-state index in [1.807, 2.05) is 12.1 Å². The molecule has 0 aliphatic heterocycles. The fraction of sp³-hybridized carbons (Fsp3) is 0.115. The van der Waals surface area contributed by atoms with E-state index in [2.05, 4.69) is 5.32 Å². The van der Waals surface area contributed by atoms with Crippen LogP contribution in [0, 0.1) is 0 Å². The van der Waals surface area contributed by atoms with Gasteiger partial charge >= 0.3 is 11.6 Å². The number of para-hydroxylation sites is 1. The van der Waals surface area contributed by atoms with Crippen LogP contribution in [0.1, 0.15) is 20.7 Å². The first-order valence-electron chi connectivity index (χ1n) is 10.2. The fourth-order valence-corrected chi connectivity index (χ4v) is 3.55. The van der Waals surface area contributed by atoms with E-state index in [9.17, 15) is 14.4 Å². The van der Waals surface area contributed by atoms with Crippen molar-refractivity contribution >= 4 is 28.5 Å². The zero-order valence-electron chi connectivity index (χ0n) is 18.7. The van der Waals surface area contributed by atoms with Crippen LogP contribution in [-0.2, 0) is 4.74 Å². The molecule has 0 fully saturated rings. The number of amides is 1. The summed E-state index contributed by atoms with van der Waals surface area (Å²) in [6, 6.07) is 18.4. The van der Waals surface area contributed by atoms with E-state index in [-0.39, 0.29) is 16.8 Å². The monoisotopic (exact) mass is 459 g/mol. The number of fused-ring (bicyclic) bond motifs is 1. The maximum absolute atomic E-state index is 13.1. The molecule has 1 heterocycles. The Morgan fingerprint density at radius 3 is 2.32 bits per heavy atom. The van der Waals surface area contributed by atoms with Crippen LogP contribution in [0.25, 0.3) is 22.1 Å². The van der Waals surface area contributed by atoms with Gasteiger partial charge in [0.15, 0.2) is 11.5 Å². The van der Waals surface area contributed by atoms with Crippen LogP contribution in [0.5, 0.6) is 11.5 Å². The minimum atomic E-state index is -0.654. The molecule has 4 rings (SSSR count). The maximum Gasteiger partial charge on any atom is 0.344 e. The molecular weight excluding hydrogens is 438 g/mol. The molecule has 0 bridgehead atoms. The van der Waals surface area contributed by atoms with Crippen molar-refractivity contribution in [3.05, 3.63) is 88.3 Å². The number of methoxy groups -OCH3 is 3. The van der Waals surface area contributed by atoms with Gasteiger partial charge in [-0.3, -0.25) is 4.79 Å². The molecule has 34 heavy (non-hydrogen) atoms. The van der Waals surface area contributed by atoms with Crippen LogP contribution in [0.3, 0.4) is 0 Å². The summed E-state index contributed by atoms with van der Waals surface area (Å²) in [5.74, 6) is -0.512. The van der Waals surface area contributed by atoms with Gasteiger partial charge in [0.1, 0.15) is 5.58 Å². The van der Waals surface area contributed by atoms with Gasteiger partial charge in [0.05, 0.1) is 38.1 Å². The third-order valence-corrected chi connectivity index (χ3v) is 5.25. The van der Waals surface area contributed by atoms with Gasteiger partial charge in [-0.25, -0.2) is 9.59 Å². The number of hydrogen-bond acceptors (Lipinski definition) is 7. The second-order valence-corrected chi connectivity index (χ2v) is 7.26. The number of rotatable bonds is 6. The first kappa shape index (κ1) is 22.6. The Kier molecular flexibility index (Phi) is 6.31. The molecule has 0 radical (unpaired) electrons. The lowest BCUT2D eigenvalue weighted by Crippen LogP contribution is -2.16. The number of carbonyl (C=O) groups excluding carboxylic acids is 2. The average molecular weight is 459 g/mol. The standard InChI is InChI=1S/C26H21NO7/c1-31-22-13-19(25(29)33-3)20(14-23(22)32-2)27-24(28)17-9-6-8-15(11-17)18-12-16-7-4-5-10-21(16)34-26(18)30/h4-14H,1-3H3,(H,27,28). The molecule has 0 atom stereocenters. The van der Waals surface area contributed by atoms with Gasteiger partial charge in [-0.15, -0.1) is 0 Å². The van der Waals surface area contributed by atoms with Gasteiger partial charge in [0, 0.05) is 23.1 Å². The summed E-state index contributed by atoms with van der Waals surface area (Å²) in [5, 5.41) is 3.48. The van der Waals surface area contributed by atoms with E-state index in [0.29, 0.717) is 28.2 Å². The molecule has 4 aromatic rings. The van der Waals surface area contributed by atoms with Crippen molar-refractivity contribution in [3.63, 3.8) is 0 Å². The van der Waals surface area contributed by atoms with Gasteiger partial charge in [-0.2, -0.15) is 0 Å². The topological polar surface area (TPSA) is 104 Å². The summed E-state index contributed by atoms with van der Waals surface area (Å²) >= 11 is 0. The Morgan fingerprint density at radius 2 is 1.59 bits per heavy atom. The van der Waals surface area contributed by atoms with Gasteiger partial charge < -0.3 is 23.9 Å². The second-order valence-electron chi connectivity index (χ2n) is 7.26. The Balaban J connectivity index is 1.71. The Bertz CT molecular complexity index is 1460. The van der Waals surface area contributed by atoms with Gasteiger partial charge in [-0.1, -0.05) is 30.3 Å². The largest absolute Gasteiger partial charge is 0.493 e. The van der Waals surface area contributed by atoms with Crippen molar-refractivity contribution in [1.29, 1.82) is 0 Å².